The van der Waals surface area contributed by atoms with E-state index in [9.17, 15) is 0 Å². The molecule has 0 radical (unpaired) electrons. The van der Waals surface area contributed by atoms with Crippen LogP contribution in [0.4, 0.5) is 0 Å². The van der Waals surface area contributed by atoms with Gasteiger partial charge in [-0.2, -0.15) is 5.10 Å². The average Bonchev–Trinajstić information content (AvgIpc) is 2.67. The summed E-state index contributed by atoms with van der Waals surface area (Å²) in [4.78, 5) is 0. The number of nitrogens with zero attached hydrogens (tertiary/aromatic N) is 1. The largest absolute Gasteiger partial charge is 0.488 e. The molecule has 3 rings (SSSR count). The van der Waals surface area contributed by atoms with Gasteiger partial charge in [0, 0.05) is 25.6 Å². The van der Waals surface area contributed by atoms with Crippen molar-refractivity contribution in [1.82, 2.24) is 5.43 Å². The molecule has 0 saturated carbocycles. The van der Waals surface area contributed by atoms with Crippen molar-refractivity contribution >= 4 is 45.3 Å². The monoisotopic (exact) mass is 462 g/mol. The highest BCUT2D eigenvalue weighted by Crippen LogP contribution is 2.24. The Balaban J connectivity index is 1.61. The van der Waals surface area contributed by atoms with Gasteiger partial charge in [-0.25, -0.2) is 0 Å². The lowest BCUT2D eigenvalue weighted by molar-refractivity contribution is 0.306. The van der Waals surface area contributed by atoms with Crippen LogP contribution in [0.25, 0.3) is 0 Å². The van der Waals surface area contributed by atoms with E-state index in [0.29, 0.717) is 23.2 Å². The Morgan fingerprint density at radius 1 is 0.926 bits per heavy atom. The van der Waals surface area contributed by atoms with Crippen molar-refractivity contribution < 1.29 is 4.74 Å². The maximum Gasteiger partial charge on any atom is 0.128 e. The molecule has 0 aliphatic carbocycles. The van der Waals surface area contributed by atoms with Crippen molar-refractivity contribution in [2.45, 2.75) is 13.2 Å². The molecule has 0 aromatic heterocycles. The highest BCUT2D eigenvalue weighted by molar-refractivity contribution is 9.10. The Labute approximate surface area is 177 Å². The molecular weight excluding hydrogens is 447 g/mol. The van der Waals surface area contributed by atoms with Crippen molar-refractivity contribution in [3.05, 3.63) is 97.9 Å². The van der Waals surface area contributed by atoms with E-state index in [1.165, 1.54) is 0 Å². The highest BCUT2D eigenvalue weighted by atomic mass is 79.9. The summed E-state index contributed by atoms with van der Waals surface area (Å²) in [6.07, 6.45) is 1.72. The standard InChI is InChI=1S/C21H17BrCl2N2O/c22-17-10-8-15(9-11-17)14-27-21-7-2-1-4-16(21)12-25-26-13-18-19(23)5-3-6-20(18)24/h1-12,26H,13-14H2/b25-12-. The molecule has 0 aliphatic heterocycles. The van der Waals surface area contributed by atoms with Crippen LogP contribution >= 0.6 is 39.1 Å². The maximum atomic E-state index is 6.16. The molecule has 138 valence electrons. The summed E-state index contributed by atoms with van der Waals surface area (Å²) >= 11 is 15.8. The number of halogens is 3. The minimum Gasteiger partial charge on any atom is -0.488 e. The third kappa shape index (κ3) is 5.73. The lowest BCUT2D eigenvalue weighted by Gasteiger charge is -2.09. The molecule has 3 nitrogen and oxygen atoms in total. The molecule has 0 heterocycles. The SMILES string of the molecule is Clc1cccc(Cl)c1CN/N=C\c1ccccc1OCc1ccc(Br)cc1. The van der Waals surface area contributed by atoms with E-state index in [1.807, 2.05) is 54.6 Å². The van der Waals surface area contributed by atoms with Crippen LogP contribution < -0.4 is 10.2 Å². The molecule has 0 bridgehead atoms. The van der Waals surface area contributed by atoms with Crippen molar-refractivity contribution in [2.24, 2.45) is 5.10 Å². The molecule has 27 heavy (non-hydrogen) atoms. The zero-order chi connectivity index (χ0) is 19.1. The van der Waals surface area contributed by atoms with Crippen molar-refractivity contribution in [2.75, 3.05) is 0 Å². The number of hydrazone groups is 1. The van der Waals surface area contributed by atoms with Crippen LogP contribution in [-0.4, -0.2) is 6.21 Å². The van der Waals surface area contributed by atoms with Crippen molar-refractivity contribution in [3.63, 3.8) is 0 Å². The van der Waals surface area contributed by atoms with Gasteiger partial charge in [-0.1, -0.05) is 69.5 Å². The van der Waals surface area contributed by atoms with E-state index in [4.69, 9.17) is 27.9 Å². The number of para-hydroxylation sites is 1. The Kier molecular flexibility index (Phi) is 7.16. The average molecular weight is 464 g/mol. The topological polar surface area (TPSA) is 33.6 Å². The molecule has 1 N–H and O–H groups in total. The Bertz CT molecular complexity index is 909. The Hall–Kier alpha value is -2.01. The second-order valence-electron chi connectivity index (χ2n) is 5.75. The molecule has 0 amide bonds. The lowest BCUT2D eigenvalue weighted by Crippen LogP contribution is -2.07. The maximum absolute atomic E-state index is 6.16. The van der Waals surface area contributed by atoms with Crippen LogP contribution in [0.5, 0.6) is 5.75 Å². The summed E-state index contributed by atoms with van der Waals surface area (Å²) in [6, 6.07) is 21.2. The summed E-state index contributed by atoms with van der Waals surface area (Å²) < 4.78 is 6.98. The van der Waals surface area contributed by atoms with E-state index in [2.05, 4.69) is 26.5 Å². The first-order chi connectivity index (χ1) is 13.1. The van der Waals surface area contributed by atoms with Gasteiger partial charge in [-0.05, 0) is 42.0 Å². The summed E-state index contributed by atoms with van der Waals surface area (Å²) in [5.41, 5.74) is 5.77. The number of nitrogens with one attached hydrogen (secondary N) is 1. The van der Waals surface area contributed by atoms with Crippen LogP contribution in [0.3, 0.4) is 0 Å². The normalized spacial score (nSPS) is 10.9. The van der Waals surface area contributed by atoms with Gasteiger partial charge >= 0.3 is 0 Å². The molecular formula is C21H17BrCl2N2O. The van der Waals surface area contributed by atoms with Gasteiger partial charge in [0.15, 0.2) is 0 Å². The van der Waals surface area contributed by atoms with E-state index < -0.39 is 0 Å². The van der Waals surface area contributed by atoms with Gasteiger partial charge in [-0.3, -0.25) is 0 Å². The summed E-state index contributed by atoms with van der Waals surface area (Å²) in [5, 5.41) is 5.50. The summed E-state index contributed by atoms with van der Waals surface area (Å²) in [6.45, 7) is 0.928. The van der Waals surface area contributed by atoms with Crippen molar-refractivity contribution in [1.29, 1.82) is 0 Å². The third-order valence-corrected chi connectivity index (χ3v) is 5.08. The molecule has 0 unspecified atom stereocenters. The fourth-order valence-electron chi connectivity index (χ4n) is 2.40. The molecule has 0 atom stereocenters. The zero-order valence-corrected chi connectivity index (χ0v) is 17.4. The number of benzene rings is 3. The lowest BCUT2D eigenvalue weighted by atomic mass is 10.2. The summed E-state index contributed by atoms with van der Waals surface area (Å²) in [5.74, 6) is 0.766. The molecule has 0 aliphatic rings. The molecule has 3 aromatic carbocycles. The van der Waals surface area contributed by atoms with E-state index in [-0.39, 0.29) is 0 Å². The second kappa shape index (κ2) is 9.79. The van der Waals surface area contributed by atoms with Crippen LogP contribution in [-0.2, 0) is 13.2 Å². The highest BCUT2D eigenvalue weighted by Gasteiger charge is 2.04. The van der Waals surface area contributed by atoms with E-state index in [1.54, 1.807) is 18.3 Å². The van der Waals surface area contributed by atoms with Gasteiger partial charge in [0.2, 0.25) is 0 Å². The molecule has 0 fully saturated rings. The number of rotatable bonds is 7. The smallest absolute Gasteiger partial charge is 0.128 e. The predicted octanol–water partition coefficient (Wildman–Crippen LogP) is 6.46. The van der Waals surface area contributed by atoms with Gasteiger partial charge in [0.25, 0.3) is 0 Å². The van der Waals surface area contributed by atoms with Gasteiger partial charge < -0.3 is 10.2 Å². The van der Waals surface area contributed by atoms with Crippen LogP contribution in [0.1, 0.15) is 16.7 Å². The molecule has 3 aromatic rings. The zero-order valence-electron chi connectivity index (χ0n) is 14.3. The first-order valence-electron chi connectivity index (χ1n) is 8.28. The fourth-order valence-corrected chi connectivity index (χ4v) is 3.20. The fraction of sp³-hybridized carbons (Fsp3) is 0.0952. The van der Waals surface area contributed by atoms with E-state index in [0.717, 1.165) is 26.9 Å². The third-order valence-electron chi connectivity index (χ3n) is 3.84. The number of ether oxygens (including phenoxy) is 1. The van der Waals surface area contributed by atoms with E-state index >= 15 is 0 Å². The van der Waals surface area contributed by atoms with Crippen LogP contribution in [0.2, 0.25) is 10.0 Å². The van der Waals surface area contributed by atoms with Gasteiger partial charge in [0.05, 0.1) is 12.8 Å². The van der Waals surface area contributed by atoms with Gasteiger partial charge in [-0.15, -0.1) is 0 Å². The number of hydrogen-bond acceptors (Lipinski definition) is 3. The number of hydrogen-bond donors (Lipinski definition) is 1. The minimum atomic E-state index is 0.441. The Morgan fingerprint density at radius 3 is 2.37 bits per heavy atom. The Morgan fingerprint density at radius 2 is 1.63 bits per heavy atom. The predicted molar refractivity (Wildman–Crippen MR) is 116 cm³/mol. The first-order valence-corrected chi connectivity index (χ1v) is 9.83. The van der Waals surface area contributed by atoms with Gasteiger partial charge in [0.1, 0.15) is 12.4 Å². The van der Waals surface area contributed by atoms with Crippen LogP contribution in [0.15, 0.2) is 76.3 Å². The quantitative estimate of drug-likeness (QED) is 0.322. The summed E-state index contributed by atoms with van der Waals surface area (Å²) in [7, 11) is 0. The molecule has 6 heteroatoms. The second-order valence-corrected chi connectivity index (χ2v) is 7.48. The minimum absolute atomic E-state index is 0.441. The first kappa shape index (κ1) is 19.7. The van der Waals surface area contributed by atoms with Crippen molar-refractivity contribution in [3.8, 4) is 5.75 Å². The molecule has 0 saturated heterocycles. The molecule has 0 spiro atoms. The van der Waals surface area contributed by atoms with Crippen LogP contribution in [0, 0.1) is 0 Å².